The van der Waals surface area contributed by atoms with Gasteiger partial charge in [-0.25, -0.2) is 4.79 Å². The lowest BCUT2D eigenvalue weighted by Crippen LogP contribution is -2.39. The Labute approximate surface area is 145 Å². The van der Waals surface area contributed by atoms with Crippen LogP contribution in [0.25, 0.3) is 0 Å². The molecule has 0 spiro atoms. The predicted octanol–water partition coefficient (Wildman–Crippen LogP) is 3.85. The van der Waals surface area contributed by atoms with Gasteiger partial charge in [-0.2, -0.15) is 0 Å². The van der Waals surface area contributed by atoms with E-state index in [1.54, 1.807) is 6.92 Å². The molecule has 1 aromatic heterocycles. The first-order chi connectivity index (χ1) is 11.6. The highest BCUT2D eigenvalue weighted by Gasteiger charge is 2.31. The molecular weight excluding hydrogens is 330 g/mol. The lowest BCUT2D eigenvalue weighted by Gasteiger charge is -2.20. The van der Waals surface area contributed by atoms with Crippen LogP contribution in [0, 0.1) is 6.92 Å². The van der Waals surface area contributed by atoms with E-state index in [0.717, 1.165) is 17.7 Å². The van der Waals surface area contributed by atoms with E-state index in [9.17, 15) is 4.79 Å². The fraction of sp³-hybridized carbons (Fsp3) is 0.412. The van der Waals surface area contributed by atoms with Gasteiger partial charge in [0.15, 0.2) is 5.76 Å². The number of nitrogens with one attached hydrogen (secondary N) is 2. The Hall–Kier alpha value is -2.05. The van der Waals surface area contributed by atoms with Gasteiger partial charge in [0, 0.05) is 11.6 Å². The summed E-state index contributed by atoms with van der Waals surface area (Å²) < 4.78 is 10.9. The van der Waals surface area contributed by atoms with E-state index in [-0.39, 0.29) is 18.2 Å². The number of aromatic nitrogens is 1. The summed E-state index contributed by atoms with van der Waals surface area (Å²) in [5, 5.41) is 10.4. The summed E-state index contributed by atoms with van der Waals surface area (Å²) in [5.41, 5.74) is 2.37. The summed E-state index contributed by atoms with van der Waals surface area (Å²) in [6, 6.07) is 7.10. The van der Waals surface area contributed by atoms with Gasteiger partial charge in [0.2, 0.25) is 0 Å². The van der Waals surface area contributed by atoms with Crippen molar-refractivity contribution in [2.75, 3.05) is 11.9 Å². The molecule has 128 valence electrons. The van der Waals surface area contributed by atoms with Gasteiger partial charge in [-0.1, -0.05) is 35.8 Å². The van der Waals surface area contributed by atoms with Crippen molar-refractivity contribution < 1.29 is 14.1 Å². The minimum absolute atomic E-state index is 0.101. The van der Waals surface area contributed by atoms with E-state index in [0.29, 0.717) is 29.5 Å². The van der Waals surface area contributed by atoms with Crippen molar-refractivity contribution in [2.45, 2.75) is 38.8 Å². The number of ether oxygens (including phenoxy) is 1. The zero-order valence-corrected chi connectivity index (χ0v) is 14.4. The van der Waals surface area contributed by atoms with Crippen molar-refractivity contribution >= 4 is 23.3 Å². The zero-order chi connectivity index (χ0) is 17.1. The molecule has 2 heterocycles. The number of carbonyl (C=O) groups is 1. The Kier molecular flexibility index (Phi) is 5.06. The smallest absolute Gasteiger partial charge is 0.319 e. The van der Waals surface area contributed by atoms with E-state index in [1.165, 1.54) is 0 Å². The molecule has 0 aliphatic carbocycles. The van der Waals surface area contributed by atoms with E-state index in [2.05, 4.69) is 15.8 Å². The van der Waals surface area contributed by atoms with Gasteiger partial charge >= 0.3 is 6.03 Å². The first-order valence-electron chi connectivity index (χ1n) is 7.98. The monoisotopic (exact) mass is 349 g/mol. The maximum Gasteiger partial charge on any atom is 0.319 e. The maximum atomic E-state index is 12.3. The lowest BCUT2D eigenvalue weighted by molar-refractivity contribution is 0.100. The van der Waals surface area contributed by atoms with Crippen LogP contribution in [0.3, 0.4) is 0 Å². The number of halogens is 1. The van der Waals surface area contributed by atoms with Crippen LogP contribution < -0.4 is 10.6 Å². The normalized spacial score (nSPS) is 20.1. The van der Waals surface area contributed by atoms with Gasteiger partial charge in [0.25, 0.3) is 0 Å². The summed E-state index contributed by atoms with van der Waals surface area (Å²) in [4.78, 5) is 12.3. The van der Waals surface area contributed by atoms with E-state index in [4.69, 9.17) is 20.9 Å². The van der Waals surface area contributed by atoms with Crippen molar-refractivity contribution in [1.29, 1.82) is 0 Å². The number of anilines is 1. The summed E-state index contributed by atoms with van der Waals surface area (Å²) >= 11 is 5.93. The van der Waals surface area contributed by atoms with Gasteiger partial charge in [0.1, 0.15) is 17.5 Å². The number of hydrogen-bond donors (Lipinski definition) is 2. The molecule has 2 N–H and O–H groups in total. The molecule has 1 aliphatic heterocycles. The summed E-state index contributed by atoms with van der Waals surface area (Å²) in [5.74, 6) is 0.596. The molecule has 2 atom stereocenters. The summed E-state index contributed by atoms with van der Waals surface area (Å²) in [6.45, 7) is 4.34. The second kappa shape index (κ2) is 7.23. The molecule has 2 amide bonds. The molecule has 1 aliphatic rings. The van der Waals surface area contributed by atoms with Crippen molar-refractivity contribution in [1.82, 2.24) is 10.5 Å². The van der Waals surface area contributed by atoms with Gasteiger partial charge in [-0.15, -0.1) is 0 Å². The van der Waals surface area contributed by atoms with Crippen LogP contribution in [-0.4, -0.2) is 23.8 Å². The van der Waals surface area contributed by atoms with Crippen LogP contribution in [-0.2, 0) is 11.2 Å². The fourth-order valence-electron chi connectivity index (χ4n) is 2.86. The minimum atomic E-state index is -0.287. The van der Waals surface area contributed by atoms with Crippen LogP contribution in [0.2, 0.25) is 5.02 Å². The molecule has 1 aromatic carbocycles. The summed E-state index contributed by atoms with van der Waals surface area (Å²) in [7, 11) is 0. The number of nitrogens with zero attached hydrogens (tertiary/aromatic N) is 1. The Balaban J connectivity index is 1.67. The molecular formula is C17H20ClN3O3. The molecule has 1 saturated heterocycles. The number of benzene rings is 1. The molecule has 1 fully saturated rings. The molecule has 0 unspecified atom stereocenters. The largest absolute Gasteiger partial charge is 0.371 e. The second-order valence-electron chi connectivity index (χ2n) is 5.75. The Morgan fingerprint density at radius 2 is 2.12 bits per heavy atom. The quantitative estimate of drug-likeness (QED) is 0.879. The van der Waals surface area contributed by atoms with Crippen LogP contribution in [0.4, 0.5) is 10.5 Å². The Morgan fingerprint density at radius 3 is 2.83 bits per heavy atom. The molecule has 0 radical (unpaired) electrons. The SMILES string of the molecule is CCc1noc(C)c1NC(=O)N[C@H]1CCO[C@H]1c1ccc(Cl)cc1. The zero-order valence-electron chi connectivity index (χ0n) is 13.6. The predicted molar refractivity (Wildman–Crippen MR) is 91.3 cm³/mol. The molecule has 2 aromatic rings. The average Bonchev–Trinajstić information content (AvgIpc) is 3.16. The van der Waals surface area contributed by atoms with Crippen molar-refractivity contribution in [2.24, 2.45) is 0 Å². The molecule has 24 heavy (non-hydrogen) atoms. The number of urea groups is 1. The first kappa shape index (κ1) is 16.8. The van der Waals surface area contributed by atoms with Crippen LogP contribution in [0.1, 0.15) is 36.5 Å². The first-order valence-corrected chi connectivity index (χ1v) is 8.36. The van der Waals surface area contributed by atoms with E-state index >= 15 is 0 Å². The molecule has 0 saturated carbocycles. The number of carbonyl (C=O) groups excluding carboxylic acids is 1. The molecule has 7 heteroatoms. The van der Waals surface area contributed by atoms with Crippen molar-refractivity contribution in [3.05, 3.63) is 46.3 Å². The van der Waals surface area contributed by atoms with Gasteiger partial charge in [-0.05, 0) is 37.5 Å². The van der Waals surface area contributed by atoms with Gasteiger partial charge in [-0.3, -0.25) is 0 Å². The third kappa shape index (κ3) is 3.55. The number of rotatable bonds is 4. The van der Waals surface area contributed by atoms with Gasteiger partial charge in [0.05, 0.1) is 6.04 Å². The van der Waals surface area contributed by atoms with E-state index in [1.807, 2.05) is 31.2 Å². The highest BCUT2D eigenvalue weighted by atomic mass is 35.5. The molecule has 0 bridgehead atoms. The van der Waals surface area contributed by atoms with Crippen LogP contribution >= 0.6 is 11.6 Å². The van der Waals surface area contributed by atoms with Crippen LogP contribution in [0.5, 0.6) is 0 Å². The van der Waals surface area contributed by atoms with Crippen LogP contribution in [0.15, 0.2) is 28.8 Å². The number of hydrogen-bond acceptors (Lipinski definition) is 4. The van der Waals surface area contributed by atoms with Crippen molar-refractivity contribution in [3.63, 3.8) is 0 Å². The third-order valence-electron chi connectivity index (χ3n) is 4.11. The second-order valence-corrected chi connectivity index (χ2v) is 6.19. The highest BCUT2D eigenvalue weighted by Crippen LogP contribution is 2.30. The lowest BCUT2D eigenvalue weighted by atomic mass is 10.0. The standard InChI is InChI=1S/C17H20ClN3O3/c1-3-13-15(10(2)24-21-13)20-17(22)19-14-8-9-23-16(14)11-4-6-12(18)7-5-11/h4-7,14,16H,3,8-9H2,1-2H3,(H2,19,20,22)/t14-,16-/m0/s1. The fourth-order valence-corrected chi connectivity index (χ4v) is 2.98. The van der Waals surface area contributed by atoms with Gasteiger partial charge < -0.3 is 19.9 Å². The number of aryl methyl sites for hydroxylation is 2. The van der Waals surface area contributed by atoms with E-state index < -0.39 is 0 Å². The maximum absolute atomic E-state index is 12.3. The highest BCUT2D eigenvalue weighted by molar-refractivity contribution is 6.30. The summed E-state index contributed by atoms with van der Waals surface area (Å²) in [6.07, 6.45) is 1.26. The Morgan fingerprint density at radius 1 is 1.38 bits per heavy atom. The third-order valence-corrected chi connectivity index (χ3v) is 4.37. The number of amides is 2. The topological polar surface area (TPSA) is 76.4 Å². The van der Waals surface area contributed by atoms with Crippen molar-refractivity contribution in [3.8, 4) is 0 Å². The minimum Gasteiger partial charge on any atom is -0.371 e. The molecule has 3 rings (SSSR count). The Bertz CT molecular complexity index is 714. The average molecular weight is 350 g/mol. The molecule has 6 nitrogen and oxygen atoms in total.